The fraction of sp³-hybridized carbons (Fsp3) is 0.130. The average molecular weight is 643 g/mol. The van der Waals surface area contributed by atoms with Crippen LogP contribution in [0.15, 0.2) is 139 Å². The van der Waals surface area contributed by atoms with Gasteiger partial charge in [-0.2, -0.15) is 10.5 Å². The lowest BCUT2D eigenvalue weighted by atomic mass is 9.72. The van der Waals surface area contributed by atoms with E-state index in [0.717, 1.165) is 63.9 Å². The number of aromatic nitrogens is 2. The molecule has 9 rings (SSSR count). The number of para-hydroxylation sites is 2. The number of rotatable bonds is 4. The largest absolute Gasteiger partial charge is 0.329 e. The van der Waals surface area contributed by atoms with Gasteiger partial charge in [-0.1, -0.05) is 97.1 Å². The molecule has 4 nitrogen and oxygen atoms in total. The van der Waals surface area contributed by atoms with Crippen LogP contribution in [0.4, 0.5) is 0 Å². The lowest BCUT2D eigenvalue weighted by Gasteiger charge is -2.41. The predicted molar refractivity (Wildman–Crippen MR) is 204 cm³/mol. The molecule has 4 heteroatoms. The summed E-state index contributed by atoms with van der Waals surface area (Å²) >= 11 is 0. The van der Waals surface area contributed by atoms with Gasteiger partial charge in [-0.05, 0) is 97.0 Å². The Morgan fingerprint density at radius 1 is 0.740 bits per heavy atom. The first-order valence-electron chi connectivity index (χ1n) is 17.3. The molecule has 50 heavy (non-hydrogen) atoms. The number of fused-ring (bicyclic) bond motifs is 6. The van der Waals surface area contributed by atoms with Gasteiger partial charge >= 0.3 is 0 Å². The van der Waals surface area contributed by atoms with Gasteiger partial charge in [0.2, 0.25) is 0 Å². The summed E-state index contributed by atoms with van der Waals surface area (Å²) in [6.45, 7) is 2.21. The molecule has 3 aliphatic rings. The lowest BCUT2D eigenvalue weighted by molar-refractivity contribution is 0.358. The van der Waals surface area contributed by atoms with E-state index >= 15 is 0 Å². The fourth-order valence-corrected chi connectivity index (χ4v) is 8.63. The van der Waals surface area contributed by atoms with Crippen LogP contribution in [0.3, 0.4) is 0 Å². The second-order valence-electron chi connectivity index (χ2n) is 13.5. The minimum absolute atomic E-state index is 0.132. The van der Waals surface area contributed by atoms with Crippen LogP contribution < -0.4 is 0 Å². The first-order chi connectivity index (χ1) is 24.6. The van der Waals surface area contributed by atoms with E-state index < -0.39 is 5.54 Å². The third-order valence-electron chi connectivity index (χ3n) is 10.9. The molecular formula is C46H34N4. The maximum atomic E-state index is 10.6. The summed E-state index contributed by atoms with van der Waals surface area (Å²) < 4.78 is 4.73. The number of nitriles is 2. The van der Waals surface area contributed by atoms with Crippen molar-refractivity contribution in [2.75, 3.05) is 0 Å². The van der Waals surface area contributed by atoms with Gasteiger partial charge in [-0.15, -0.1) is 0 Å². The standard InChI is InChI=1S/C46H34N4/c1-46(50-44-23-9-6-18-38(44)39-19-7-10-24-45(39)50)34(30-48)15-12-20-41(46)32-14-11-13-31(27-32)40-28-35(26-25-33(40)29-47)49-42-21-4-2-3-16-36(42)37-17-5-8-22-43(37)49/h2-6,8-15,17-18,20-28,41H,7,16,19H2,1H3. The second kappa shape index (κ2) is 11.7. The Morgan fingerprint density at radius 3 is 2.40 bits per heavy atom. The van der Waals surface area contributed by atoms with Gasteiger partial charge in [-0.25, -0.2) is 0 Å². The Labute approximate surface area is 292 Å². The Kier molecular flexibility index (Phi) is 6.94. The van der Waals surface area contributed by atoms with Crippen molar-refractivity contribution in [2.45, 2.75) is 37.6 Å². The molecule has 2 atom stereocenters. The minimum Gasteiger partial charge on any atom is -0.329 e. The molecule has 0 aliphatic heterocycles. The van der Waals surface area contributed by atoms with Crippen molar-refractivity contribution in [1.82, 2.24) is 9.13 Å². The smallest absolute Gasteiger partial charge is 0.0998 e. The molecule has 0 N–H and O–H groups in total. The Bertz CT molecular complexity index is 2620. The minimum atomic E-state index is -0.682. The summed E-state index contributed by atoms with van der Waals surface area (Å²) in [6, 6.07) is 37.0. The van der Waals surface area contributed by atoms with Crippen molar-refractivity contribution >= 4 is 34.0 Å². The molecule has 0 fully saturated rings. The molecule has 0 saturated carbocycles. The average Bonchev–Trinajstić information content (AvgIpc) is 3.55. The molecule has 238 valence electrons. The van der Waals surface area contributed by atoms with Crippen molar-refractivity contribution in [1.29, 1.82) is 10.5 Å². The zero-order valence-electron chi connectivity index (χ0n) is 27.8. The van der Waals surface area contributed by atoms with Crippen molar-refractivity contribution in [3.8, 4) is 29.0 Å². The van der Waals surface area contributed by atoms with Gasteiger partial charge in [0.05, 0.1) is 40.0 Å². The molecule has 2 aromatic heterocycles. The first kappa shape index (κ1) is 29.8. The van der Waals surface area contributed by atoms with Gasteiger partial charge in [0.25, 0.3) is 0 Å². The van der Waals surface area contributed by atoms with Gasteiger partial charge in [0.1, 0.15) is 0 Å². The number of benzene rings is 4. The lowest BCUT2D eigenvalue weighted by Crippen LogP contribution is -2.40. The van der Waals surface area contributed by atoms with E-state index in [0.29, 0.717) is 5.56 Å². The maximum Gasteiger partial charge on any atom is 0.0998 e. The van der Waals surface area contributed by atoms with E-state index in [2.05, 4.69) is 156 Å². The number of hydrogen-bond donors (Lipinski definition) is 0. The van der Waals surface area contributed by atoms with Gasteiger partial charge in [-0.3, -0.25) is 0 Å². The van der Waals surface area contributed by atoms with Crippen molar-refractivity contribution in [3.05, 3.63) is 173 Å². The third-order valence-corrected chi connectivity index (χ3v) is 10.9. The van der Waals surface area contributed by atoms with Crippen LogP contribution in [0.25, 0.3) is 50.8 Å². The number of allylic oxidation sites excluding steroid dienone is 8. The van der Waals surface area contributed by atoms with E-state index in [1.165, 1.54) is 27.6 Å². The maximum absolute atomic E-state index is 10.6. The summed E-state index contributed by atoms with van der Waals surface area (Å²) in [5.74, 6) is -0.132. The summed E-state index contributed by atoms with van der Waals surface area (Å²) in [5, 5.41) is 23.5. The van der Waals surface area contributed by atoms with Gasteiger partial charge in [0, 0.05) is 39.2 Å². The van der Waals surface area contributed by atoms with Crippen LogP contribution in [0, 0.1) is 22.7 Å². The molecule has 6 aromatic rings. The molecular weight excluding hydrogens is 609 g/mol. The van der Waals surface area contributed by atoms with Crippen LogP contribution in [-0.4, -0.2) is 9.13 Å². The molecule has 0 radical (unpaired) electrons. The number of hydrogen-bond acceptors (Lipinski definition) is 2. The van der Waals surface area contributed by atoms with Gasteiger partial charge < -0.3 is 9.13 Å². The van der Waals surface area contributed by atoms with E-state index in [1.54, 1.807) is 0 Å². The van der Waals surface area contributed by atoms with E-state index in [-0.39, 0.29) is 5.92 Å². The Hall–Kier alpha value is -6.36. The highest BCUT2D eigenvalue weighted by Gasteiger charge is 2.43. The third kappa shape index (κ3) is 4.36. The Morgan fingerprint density at radius 2 is 1.56 bits per heavy atom. The normalized spacial score (nSPS) is 19.1. The fourth-order valence-electron chi connectivity index (χ4n) is 8.63. The quantitative estimate of drug-likeness (QED) is 0.192. The monoisotopic (exact) mass is 642 g/mol. The van der Waals surface area contributed by atoms with E-state index in [4.69, 9.17) is 0 Å². The van der Waals surface area contributed by atoms with Crippen molar-refractivity contribution in [3.63, 3.8) is 0 Å². The van der Waals surface area contributed by atoms with Crippen LogP contribution in [0.2, 0.25) is 0 Å². The topological polar surface area (TPSA) is 57.4 Å². The second-order valence-corrected chi connectivity index (χ2v) is 13.5. The van der Waals surface area contributed by atoms with Crippen molar-refractivity contribution in [2.24, 2.45) is 0 Å². The first-order valence-corrected chi connectivity index (χ1v) is 17.3. The van der Waals surface area contributed by atoms with E-state index in [9.17, 15) is 10.5 Å². The molecule has 0 bridgehead atoms. The molecule has 2 unspecified atom stereocenters. The molecule has 4 aromatic carbocycles. The molecule has 2 heterocycles. The zero-order chi connectivity index (χ0) is 33.8. The molecule has 0 saturated heterocycles. The summed E-state index contributed by atoms with van der Waals surface area (Å²) in [5.41, 5.74) is 11.9. The zero-order valence-corrected chi connectivity index (χ0v) is 27.8. The predicted octanol–water partition coefficient (Wildman–Crippen LogP) is 10.7. The number of nitrogens with zero attached hydrogens (tertiary/aromatic N) is 4. The molecule has 0 amide bonds. The highest BCUT2D eigenvalue weighted by atomic mass is 15.1. The van der Waals surface area contributed by atoms with Crippen molar-refractivity contribution < 1.29 is 0 Å². The summed E-state index contributed by atoms with van der Waals surface area (Å²) in [7, 11) is 0. The van der Waals surface area contributed by atoms with E-state index in [1.807, 2.05) is 18.2 Å². The number of aryl methyl sites for hydroxylation is 1. The van der Waals surface area contributed by atoms with Crippen LogP contribution >= 0.6 is 0 Å². The van der Waals surface area contributed by atoms with Crippen LogP contribution in [0.1, 0.15) is 52.9 Å². The van der Waals surface area contributed by atoms with Crippen LogP contribution in [0.5, 0.6) is 0 Å². The molecule has 0 spiro atoms. The Balaban J connectivity index is 1.22. The highest BCUT2D eigenvalue weighted by Crippen LogP contribution is 2.49. The summed E-state index contributed by atoms with van der Waals surface area (Å²) in [6.07, 6.45) is 22.2. The van der Waals surface area contributed by atoms with Gasteiger partial charge in [0.15, 0.2) is 0 Å². The SMILES string of the molecule is CC1(n2c3c(c4ccccc42)CCC=C3)C(C#N)=CC=CC1c1cccc(-c2cc(-n3c4c(c5ccccc53)CC=CC=C4)ccc2C#N)c1. The highest BCUT2D eigenvalue weighted by molar-refractivity contribution is 5.92. The molecule has 3 aliphatic carbocycles. The summed E-state index contributed by atoms with van der Waals surface area (Å²) in [4.78, 5) is 0. The van der Waals surface area contributed by atoms with Crippen LogP contribution in [-0.2, 0) is 18.4 Å².